The van der Waals surface area contributed by atoms with Gasteiger partial charge in [-0.15, -0.1) is 11.3 Å². The first kappa shape index (κ1) is 22.4. The molecule has 7 heteroatoms. The molecule has 0 saturated carbocycles. The van der Waals surface area contributed by atoms with E-state index in [1.807, 2.05) is 23.6 Å². The number of thiophene rings is 1. The molecule has 3 aromatic rings. The molecule has 3 rings (SSSR count). The minimum atomic E-state index is -1.35. The lowest BCUT2D eigenvalue weighted by atomic mass is 9.98. The third kappa shape index (κ3) is 4.88. The summed E-state index contributed by atoms with van der Waals surface area (Å²) in [5, 5.41) is 11.2. The van der Waals surface area contributed by atoms with Crippen molar-refractivity contribution in [1.29, 1.82) is 0 Å². The molecule has 0 spiro atoms. The zero-order valence-corrected chi connectivity index (χ0v) is 18.6. The van der Waals surface area contributed by atoms with Crippen molar-refractivity contribution in [2.75, 3.05) is 14.2 Å². The Morgan fingerprint density at radius 3 is 2.26 bits per heavy atom. The Morgan fingerprint density at radius 2 is 1.71 bits per heavy atom. The average molecular weight is 441 g/mol. The van der Waals surface area contributed by atoms with Crippen molar-refractivity contribution in [2.24, 2.45) is 0 Å². The summed E-state index contributed by atoms with van der Waals surface area (Å²) in [6, 6.07) is 14.4. The van der Waals surface area contributed by atoms with Crippen LogP contribution in [-0.4, -0.2) is 36.7 Å². The Labute approximate surface area is 185 Å². The second kappa shape index (κ2) is 9.22. The van der Waals surface area contributed by atoms with E-state index in [2.05, 4.69) is 0 Å². The largest absolute Gasteiger partial charge is 0.496 e. The third-order valence-corrected chi connectivity index (χ3v) is 5.69. The van der Waals surface area contributed by atoms with Crippen molar-refractivity contribution >= 4 is 23.1 Å². The Hall–Kier alpha value is -3.32. The Balaban J connectivity index is 1.88. The van der Waals surface area contributed by atoms with Gasteiger partial charge in [0, 0.05) is 16.9 Å². The molecular formula is C24H24O6S. The van der Waals surface area contributed by atoms with Crippen LogP contribution < -0.4 is 14.2 Å². The first-order valence-corrected chi connectivity index (χ1v) is 10.5. The molecule has 0 aliphatic carbocycles. The summed E-state index contributed by atoms with van der Waals surface area (Å²) < 4.78 is 16.6. The highest BCUT2D eigenvalue weighted by molar-refractivity contribution is 7.13. The summed E-state index contributed by atoms with van der Waals surface area (Å²) in [4.78, 5) is 25.5. The van der Waals surface area contributed by atoms with Crippen LogP contribution in [0.15, 0.2) is 53.9 Å². The number of Topliss-reactive ketones (excluding diaryl/α,β-unsaturated/α-hetero) is 1. The molecule has 0 saturated heterocycles. The lowest BCUT2D eigenvalue weighted by Crippen LogP contribution is -2.37. The second-order valence-corrected chi connectivity index (χ2v) is 8.31. The highest BCUT2D eigenvalue weighted by Crippen LogP contribution is 2.40. The number of methoxy groups -OCH3 is 2. The maximum absolute atomic E-state index is 13.2. The number of hydrogen-bond donors (Lipinski definition) is 1. The Morgan fingerprint density at radius 1 is 1.00 bits per heavy atom. The molecule has 162 valence electrons. The van der Waals surface area contributed by atoms with E-state index in [-0.39, 0.29) is 12.2 Å². The first-order valence-electron chi connectivity index (χ1n) is 9.60. The van der Waals surface area contributed by atoms with Gasteiger partial charge >= 0.3 is 5.97 Å². The highest BCUT2D eigenvalue weighted by Gasteiger charge is 2.29. The zero-order valence-electron chi connectivity index (χ0n) is 17.8. The SMILES string of the molecule is COc1ccc(-c2cccs2)c(OC)c1C(=O)Cc1ccc(OC(C)(C)C(=O)O)cc1. The zero-order chi connectivity index (χ0) is 22.6. The van der Waals surface area contributed by atoms with Crippen molar-refractivity contribution in [3.05, 3.63) is 65.0 Å². The minimum Gasteiger partial charge on any atom is -0.496 e. The smallest absolute Gasteiger partial charge is 0.347 e. The van der Waals surface area contributed by atoms with Gasteiger partial charge in [-0.1, -0.05) is 18.2 Å². The van der Waals surface area contributed by atoms with Crippen LogP contribution in [0.3, 0.4) is 0 Å². The molecule has 1 heterocycles. The van der Waals surface area contributed by atoms with Crippen LogP contribution in [0.1, 0.15) is 29.8 Å². The molecule has 31 heavy (non-hydrogen) atoms. The maximum Gasteiger partial charge on any atom is 0.347 e. The van der Waals surface area contributed by atoms with Gasteiger partial charge in [-0.25, -0.2) is 4.79 Å². The van der Waals surface area contributed by atoms with E-state index in [0.717, 1.165) is 16.0 Å². The van der Waals surface area contributed by atoms with Gasteiger partial charge in [0.05, 0.1) is 14.2 Å². The quantitative estimate of drug-likeness (QED) is 0.466. The number of carboxylic acids is 1. The molecule has 0 amide bonds. The van der Waals surface area contributed by atoms with Crippen LogP contribution >= 0.6 is 11.3 Å². The van der Waals surface area contributed by atoms with Gasteiger partial charge in [-0.3, -0.25) is 4.79 Å². The summed E-state index contributed by atoms with van der Waals surface area (Å²) >= 11 is 1.56. The molecule has 1 aromatic heterocycles. The fourth-order valence-electron chi connectivity index (χ4n) is 3.12. The van der Waals surface area contributed by atoms with Crippen LogP contribution in [0, 0.1) is 0 Å². The van der Waals surface area contributed by atoms with Crippen LogP contribution in [0.4, 0.5) is 0 Å². The predicted molar refractivity (Wildman–Crippen MR) is 120 cm³/mol. The molecule has 0 fully saturated rings. The molecule has 0 radical (unpaired) electrons. The van der Waals surface area contributed by atoms with Crippen molar-refractivity contribution in [3.8, 4) is 27.7 Å². The number of aliphatic carboxylic acids is 1. The van der Waals surface area contributed by atoms with E-state index in [0.29, 0.717) is 22.8 Å². The standard InChI is InChI=1S/C24H24O6S/c1-24(2,23(26)27)30-16-9-7-15(8-10-16)14-18(25)21-19(28-3)12-11-17(22(21)29-4)20-6-5-13-31-20/h5-13H,14H2,1-4H3,(H,26,27). The van der Waals surface area contributed by atoms with Crippen LogP contribution in [-0.2, 0) is 11.2 Å². The van der Waals surface area contributed by atoms with Crippen LogP contribution in [0.2, 0.25) is 0 Å². The van der Waals surface area contributed by atoms with Crippen molar-refractivity contribution in [3.63, 3.8) is 0 Å². The van der Waals surface area contributed by atoms with Gasteiger partial charge in [-0.2, -0.15) is 0 Å². The molecule has 0 aliphatic rings. The molecule has 0 atom stereocenters. The summed E-state index contributed by atoms with van der Waals surface area (Å²) in [5.41, 5.74) is 0.640. The lowest BCUT2D eigenvalue weighted by molar-refractivity contribution is -0.152. The number of ketones is 1. The number of benzene rings is 2. The minimum absolute atomic E-state index is 0.128. The fraction of sp³-hybridized carbons (Fsp3) is 0.250. The molecule has 0 bridgehead atoms. The number of carbonyl (C=O) groups is 2. The number of hydrogen-bond acceptors (Lipinski definition) is 6. The van der Waals surface area contributed by atoms with Gasteiger partial charge in [0.1, 0.15) is 22.8 Å². The predicted octanol–water partition coefficient (Wildman–Crippen LogP) is 5.10. The summed E-state index contributed by atoms with van der Waals surface area (Å²) in [7, 11) is 3.06. The normalized spacial score (nSPS) is 11.1. The molecule has 2 aromatic carbocycles. The van der Waals surface area contributed by atoms with Crippen LogP contribution in [0.5, 0.6) is 17.2 Å². The topological polar surface area (TPSA) is 82.1 Å². The monoisotopic (exact) mass is 440 g/mol. The van der Waals surface area contributed by atoms with E-state index in [1.54, 1.807) is 48.8 Å². The van der Waals surface area contributed by atoms with Gasteiger partial charge < -0.3 is 19.3 Å². The number of rotatable bonds is 9. The lowest BCUT2D eigenvalue weighted by Gasteiger charge is -2.21. The van der Waals surface area contributed by atoms with E-state index in [1.165, 1.54) is 21.0 Å². The van der Waals surface area contributed by atoms with Crippen LogP contribution in [0.25, 0.3) is 10.4 Å². The molecule has 0 aliphatic heterocycles. The number of carboxylic acid groups (broad SMARTS) is 1. The van der Waals surface area contributed by atoms with Gasteiger partial charge in [0.15, 0.2) is 11.4 Å². The van der Waals surface area contributed by atoms with Crippen molar-refractivity contribution in [1.82, 2.24) is 0 Å². The molecule has 6 nitrogen and oxygen atoms in total. The average Bonchev–Trinajstić information content (AvgIpc) is 3.28. The Bertz CT molecular complexity index is 1070. The van der Waals surface area contributed by atoms with E-state index in [4.69, 9.17) is 14.2 Å². The summed E-state index contributed by atoms with van der Waals surface area (Å²) in [6.45, 7) is 2.96. The van der Waals surface area contributed by atoms with Gasteiger partial charge in [0.2, 0.25) is 0 Å². The molecule has 1 N–H and O–H groups in total. The summed E-state index contributed by atoms with van der Waals surface area (Å²) in [5.74, 6) is 0.141. The first-order chi connectivity index (χ1) is 14.8. The maximum atomic E-state index is 13.2. The second-order valence-electron chi connectivity index (χ2n) is 7.36. The highest BCUT2D eigenvalue weighted by atomic mass is 32.1. The van der Waals surface area contributed by atoms with Crippen molar-refractivity contribution in [2.45, 2.75) is 25.9 Å². The van der Waals surface area contributed by atoms with Gasteiger partial charge in [-0.05, 0) is 55.1 Å². The molecular weight excluding hydrogens is 416 g/mol. The fourth-order valence-corrected chi connectivity index (χ4v) is 3.87. The third-order valence-electron chi connectivity index (χ3n) is 4.79. The van der Waals surface area contributed by atoms with E-state index >= 15 is 0 Å². The van der Waals surface area contributed by atoms with Gasteiger partial charge in [0.25, 0.3) is 0 Å². The molecule has 0 unspecified atom stereocenters. The summed E-state index contributed by atoms with van der Waals surface area (Å²) in [6.07, 6.45) is 0.128. The number of carbonyl (C=O) groups excluding carboxylic acids is 1. The number of ether oxygens (including phenoxy) is 3. The Kier molecular flexibility index (Phi) is 6.65. The van der Waals surface area contributed by atoms with E-state index < -0.39 is 11.6 Å². The van der Waals surface area contributed by atoms with E-state index in [9.17, 15) is 14.7 Å². The van der Waals surface area contributed by atoms with Crippen molar-refractivity contribution < 1.29 is 28.9 Å².